The van der Waals surface area contributed by atoms with E-state index in [1.165, 1.54) is 12.2 Å². The first-order valence-corrected chi connectivity index (χ1v) is 5.84. The van der Waals surface area contributed by atoms with Gasteiger partial charge in [-0.05, 0) is 6.92 Å². The van der Waals surface area contributed by atoms with Crippen molar-refractivity contribution in [3.05, 3.63) is 0 Å². The van der Waals surface area contributed by atoms with Gasteiger partial charge in [0.2, 0.25) is 0 Å². The van der Waals surface area contributed by atoms with Crippen LogP contribution in [0.4, 0.5) is 13.2 Å². The third-order valence-corrected chi connectivity index (χ3v) is 2.77. The molecule has 0 spiro atoms. The lowest BCUT2D eigenvalue weighted by molar-refractivity contribution is -0.270. The minimum atomic E-state index is -5.14. The molecule has 1 fully saturated rings. The number of ether oxygens (including phenoxy) is 2. The lowest BCUT2D eigenvalue weighted by atomic mass is 9.97. The Morgan fingerprint density at radius 2 is 1.95 bits per heavy atom. The Morgan fingerprint density at radius 3 is 2.40 bits per heavy atom. The topological polar surface area (TPSA) is 108 Å². The van der Waals surface area contributed by atoms with Crippen LogP contribution in [-0.2, 0) is 14.3 Å². The fourth-order valence-electron chi connectivity index (χ4n) is 1.78. The lowest BCUT2D eigenvalue weighted by Crippen LogP contribution is -2.65. The van der Waals surface area contributed by atoms with Crippen LogP contribution in [0.2, 0.25) is 0 Å². The summed E-state index contributed by atoms with van der Waals surface area (Å²) in [6.45, 7) is 0.892. The number of aliphatic hydroxyl groups excluding tert-OH is 3. The van der Waals surface area contributed by atoms with E-state index in [2.05, 4.69) is 0 Å². The highest BCUT2D eigenvalue weighted by molar-refractivity contribution is 5.82. The van der Waals surface area contributed by atoms with Gasteiger partial charge in [0.1, 0.15) is 24.4 Å². The second-order valence-corrected chi connectivity index (χ2v) is 4.16. The average molecular weight is 303 g/mol. The third kappa shape index (κ3) is 3.79. The van der Waals surface area contributed by atoms with Crippen molar-refractivity contribution in [2.75, 3.05) is 13.2 Å². The molecule has 0 radical (unpaired) electrons. The number of aliphatic hydroxyl groups is 3. The van der Waals surface area contributed by atoms with Gasteiger partial charge in [-0.15, -0.1) is 0 Å². The van der Waals surface area contributed by atoms with Crippen molar-refractivity contribution < 1.29 is 42.8 Å². The van der Waals surface area contributed by atoms with Gasteiger partial charge >= 0.3 is 12.1 Å². The molecular formula is C10H16F3NO6. The number of nitrogens with one attached hydrogen (secondary N) is 1. The molecule has 5 atom stereocenters. The van der Waals surface area contributed by atoms with Crippen LogP contribution in [-0.4, -0.2) is 71.3 Å². The zero-order valence-corrected chi connectivity index (χ0v) is 10.5. The second-order valence-electron chi connectivity index (χ2n) is 4.16. The molecular weight excluding hydrogens is 287 g/mol. The molecule has 0 aromatic carbocycles. The molecule has 1 rings (SSSR count). The maximum absolute atomic E-state index is 12.2. The molecule has 1 heterocycles. The molecule has 1 amide bonds. The summed E-state index contributed by atoms with van der Waals surface area (Å²) in [4.78, 5) is 10.9. The van der Waals surface area contributed by atoms with E-state index >= 15 is 0 Å². The molecule has 7 nitrogen and oxygen atoms in total. The molecule has 0 aliphatic carbocycles. The molecule has 4 N–H and O–H groups in total. The molecule has 1 saturated heterocycles. The van der Waals surface area contributed by atoms with Crippen molar-refractivity contribution in [1.29, 1.82) is 0 Å². The fraction of sp³-hybridized carbons (Fsp3) is 0.900. The summed E-state index contributed by atoms with van der Waals surface area (Å²) in [7, 11) is 0. The number of hydrogen-bond acceptors (Lipinski definition) is 6. The van der Waals surface area contributed by atoms with Crippen molar-refractivity contribution in [3.8, 4) is 0 Å². The van der Waals surface area contributed by atoms with Crippen LogP contribution >= 0.6 is 0 Å². The molecule has 1 aliphatic rings. The van der Waals surface area contributed by atoms with Gasteiger partial charge in [-0.1, -0.05) is 0 Å². The van der Waals surface area contributed by atoms with Crippen molar-refractivity contribution in [2.24, 2.45) is 0 Å². The number of halogens is 3. The minimum absolute atomic E-state index is 0.0318. The molecule has 0 saturated carbocycles. The summed E-state index contributed by atoms with van der Waals surface area (Å²) < 4.78 is 46.6. The maximum Gasteiger partial charge on any atom is 0.471 e. The van der Waals surface area contributed by atoms with Crippen LogP contribution in [0.25, 0.3) is 0 Å². The highest BCUT2D eigenvalue weighted by Crippen LogP contribution is 2.23. The van der Waals surface area contributed by atoms with E-state index in [0.29, 0.717) is 0 Å². The summed E-state index contributed by atoms with van der Waals surface area (Å²) in [5.41, 5.74) is 0. The number of carbonyl (C=O) groups is 1. The van der Waals surface area contributed by atoms with Gasteiger partial charge in [-0.2, -0.15) is 13.2 Å². The predicted molar refractivity (Wildman–Crippen MR) is 57.4 cm³/mol. The van der Waals surface area contributed by atoms with E-state index in [-0.39, 0.29) is 6.61 Å². The van der Waals surface area contributed by atoms with Crippen LogP contribution in [0.5, 0.6) is 0 Å². The van der Waals surface area contributed by atoms with Crippen molar-refractivity contribution >= 4 is 5.91 Å². The quantitative estimate of drug-likeness (QED) is 0.504. The second kappa shape index (κ2) is 6.68. The summed E-state index contributed by atoms with van der Waals surface area (Å²) in [5, 5.41) is 29.8. The third-order valence-electron chi connectivity index (χ3n) is 2.77. The van der Waals surface area contributed by atoms with E-state index in [0.717, 1.165) is 0 Å². The van der Waals surface area contributed by atoms with Crippen LogP contribution < -0.4 is 5.32 Å². The van der Waals surface area contributed by atoms with Gasteiger partial charge in [0.15, 0.2) is 6.29 Å². The van der Waals surface area contributed by atoms with Gasteiger partial charge in [-0.3, -0.25) is 4.79 Å². The van der Waals surface area contributed by atoms with Crippen LogP contribution in [0.15, 0.2) is 0 Å². The van der Waals surface area contributed by atoms with Gasteiger partial charge < -0.3 is 30.1 Å². The van der Waals surface area contributed by atoms with Crippen LogP contribution in [0.3, 0.4) is 0 Å². The van der Waals surface area contributed by atoms with E-state index in [1.807, 2.05) is 0 Å². The molecule has 10 heteroatoms. The largest absolute Gasteiger partial charge is 0.471 e. The fourth-order valence-corrected chi connectivity index (χ4v) is 1.78. The highest BCUT2D eigenvalue weighted by Gasteiger charge is 2.48. The number of alkyl halides is 3. The summed E-state index contributed by atoms with van der Waals surface area (Å²) in [6, 6.07) is -1.61. The van der Waals surface area contributed by atoms with Gasteiger partial charge in [0.25, 0.3) is 0 Å². The molecule has 0 bridgehead atoms. The smallest absolute Gasteiger partial charge is 0.394 e. The highest BCUT2D eigenvalue weighted by atomic mass is 19.4. The van der Waals surface area contributed by atoms with Crippen LogP contribution in [0, 0.1) is 0 Å². The summed E-state index contributed by atoms with van der Waals surface area (Å²) in [6.07, 6.45) is -11.2. The minimum Gasteiger partial charge on any atom is -0.394 e. The van der Waals surface area contributed by atoms with E-state index < -0.39 is 49.3 Å². The predicted octanol–water partition coefficient (Wildman–Crippen LogP) is -1.49. The Bertz CT molecular complexity index is 339. The number of hydrogen-bond donors (Lipinski definition) is 4. The van der Waals surface area contributed by atoms with Gasteiger partial charge in [-0.25, -0.2) is 0 Å². The summed E-state index contributed by atoms with van der Waals surface area (Å²) in [5.74, 6) is -2.29. The van der Waals surface area contributed by atoms with Gasteiger partial charge in [0, 0.05) is 6.61 Å². The van der Waals surface area contributed by atoms with Crippen molar-refractivity contribution in [2.45, 2.75) is 43.7 Å². The zero-order valence-electron chi connectivity index (χ0n) is 10.5. The van der Waals surface area contributed by atoms with E-state index in [1.54, 1.807) is 0 Å². The Balaban J connectivity index is 2.86. The zero-order chi connectivity index (χ0) is 15.5. The monoisotopic (exact) mass is 303 g/mol. The van der Waals surface area contributed by atoms with Gasteiger partial charge in [0.05, 0.1) is 6.61 Å². The van der Waals surface area contributed by atoms with E-state index in [4.69, 9.17) is 14.6 Å². The molecule has 118 valence electrons. The SMILES string of the molecule is CCO[C@@H]1O[C@H](CO)[C@H](O)[C@H](O)[C@H]1NC(=O)C(F)(F)F. The van der Waals surface area contributed by atoms with E-state index in [9.17, 15) is 28.2 Å². The normalized spacial score (nSPS) is 34.9. The number of amides is 1. The first-order chi connectivity index (χ1) is 9.22. The van der Waals surface area contributed by atoms with Crippen molar-refractivity contribution in [3.63, 3.8) is 0 Å². The maximum atomic E-state index is 12.2. The summed E-state index contributed by atoms with van der Waals surface area (Å²) >= 11 is 0. The molecule has 1 aliphatic heterocycles. The van der Waals surface area contributed by atoms with Crippen LogP contribution in [0.1, 0.15) is 6.92 Å². The lowest BCUT2D eigenvalue weighted by Gasteiger charge is -2.42. The Kier molecular flexibility index (Phi) is 5.71. The Morgan fingerprint density at radius 1 is 1.35 bits per heavy atom. The standard InChI is InChI=1S/C10H16F3NO6/c1-2-19-8-5(14-9(18)10(11,12)13)7(17)6(16)4(3-15)20-8/h4-8,15-17H,2-3H2,1H3,(H,14,18)/t4-,5-,6+,7-,8-/m1/s1. The Hall–Kier alpha value is -0.940. The molecule has 0 unspecified atom stereocenters. The number of rotatable bonds is 4. The molecule has 0 aromatic rings. The van der Waals surface area contributed by atoms with Crippen molar-refractivity contribution in [1.82, 2.24) is 5.32 Å². The number of carbonyl (C=O) groups excluding carboxylic acids is 1. The first-order valence-electron chi connectivity index (χ1n) is 5.84. The average Bonchev–Trinajstić information content (AvgIpc) is 2.36. The first kappa shape index (κ1) is 17.1. The molecule has 20 heavy (non-hydrogen) atoms. The Labute approximate surface area is 112 Å². The molecule has 0 aromatic heterocycles.